The van der Waals surface area contributed by atoms with Gasteiger partial charge in [-0.05, 0) is 12.5 Å². The first kappa shape index (κ1) is 13.7. The molecule has 0 aliphatic heterocycles. The molecule has 0 amide bonds. The van der Waals surface area contributed by atoms with Crippen LogP contribution in [0.3, 0.4) is 0 Å². The zero-order valence-electron chi connectivity index (χ0n) is 11.0. The van der Waals surface area contributed by atoms with Crippen molar-refractivity contribution in [2.75, 3.05) is 13.7 Å². The number of hydrogen-bond donors (Lipinski definition) is 1. The van der Waals surface area contributed by atoms with E-state index in [1.165, 1.54) is 12.7 Å². The highest BCUT2D eigenvalue weighted by Gasteiger charge is 2.27. The molecule has 0 saturated carbocycles. The van der Waals surface area contributed by atoms with Crippen LogP contribution in [-0.2, 0) is 14.9 Å². The summed E-state index contributed by atoms with van der Waals surface area (Å²) >= 11 is 0. The fraction of sp³-hybridized carbons (Fsp3) is 0.500. The summed E-state index contributed by atoms with van der Waals surface area (Å²) in [5.74, 6) is -0.235. The predicted molar refractivity (Wildman–Crippen MR) is 68.9 cm³/mol. The van der Waals surface area contributed by atoms with Crippen molar-refractivity contribution in [3.63, 3.8) is 0 Å². The zero-order valence-corrected chi connectivity index (χ0v) is 11.0. The van der Waals surface area contributed by atoms with Gasteiger partial charge in [-0.3, -0.25) is 4.79 Å². The van der Waals surface area contributed by atoms with Crippen LogP contribution in [-0.4, -0.2) is 25.7 Å². The predicted octanol–water partition coefficient (Wildman–Crippen LogP) is 2.12. The summed E-state index contributed by atoms with van der Waals surface area (Å²) in [5, 5.41) is 3.20. The Labute approximate surface area is 103 Å². The number of carbonyl (C=O) groups excluding carboxylic acids is 1. The Morgan fingerprint density at radius 2 is 1.94 bits per heavy atom. The van der Waals surface area contributed by atoms with Gasteiger partial charge in [0.2, 0.25) is 0 Å². The Hall–Kier alpha value is -1.35. The van der Waals surface area contributed by atoms with Crippen LogP contribution in [0.5, 0.6) is 0 Å². The molecule has 0 radical (unpaired) electrons. The minimum atomic E-state index is -0.235. The van der Waals surface area contributed by atoms with Crippen molar-refractivity contribution in [2.24, 2.45) is 0 Å². The molecule has 0 spiro atoms. The van der Waals surface area contributed by atoms with E-state index in [0.29, 0.717) is 0 Å². The van der Waals surface area contributed by atoms with E-state index in [1.54, 1.807) is 0 Å². The molecule has 0 bridgehead atoms. The lowest BCUT2D eigenvalue weighted by atomic mass is 9.78. The SMILES string of the molecule is COC(=O)CNC(C)C(C)(C)c1ccccc1. The summed E-state index contributed by atoms with van der Waals surface area (Å²) in [6, 6.07) is 10.5. The molecule has 0 heterocycles. The first-order chi connectivity index (χ1) is 7.98. The second-order valence-corrected chi connectivity index (χ2v) is 4.77. The number of ether oxygens (including phenoxy) is 1. The van der Waals surface area contributed by atoms with E-state index in [9.17, 15) is 4.79 Å². The van der Waals surface area contributed by atoms with Gasteiger partial charge in [0.15, 0.2) is 0 Å². The van der Waals surface area contributed by atoms with Crippen LogP contribution >= 0.6 is 0 Å². The maximum Gasteiger partial charge on any atom is 0.319 e. The monoisotopic (exact) mass is 235 g/mol. The third-order valence-corrected chi connectivity index (χ3v) is 3.38. The van der Waals surface area contributed by atoms with E-state index in [0.717, 1.165) is 0 Å². The molecule has 17 heavy (non-hydrogen) atoms. The molecule has 0 fully saturated rings. The van der Waals surface area contributed by atoms with E-state index in [1.807, 2.05) is 18.2 Å². The molecular weight excluding hydrogens is 214 g/mol. The van der Waals surface area contributed by atoms with Crippen molar-refractivity contribution in [3.05, 3.63) is 35.9 Å². The first-order valence-corrected chi connectivity index (χ1v) is 5.84. The molecule has 1 N–H and O–H groups in total. The minimum Gasteiger partial charge on any atom is -0.468 e. The highest BCUT2D eigenvalue weighted by atomic mass is 16.5. The molecule has 3 nitrogen and oxygen atoms in total. The Morgan fingerprint density at radius 3 is 2.47 bits per heavy atom. The lowest BCUT2D eigenvalue weighted by Crippen LogP contribution is -2.44. The number of nitrogens with one attached hydrogen (secondary N) is 1. The van der Waals surface area contributed by atoms with Gasteiger partial charge >= 0.3 is 5.97 Å². The highest BCUT2D eigenvalue weighted by molar-refractivity contribution is 5.71. The molecule has 1 aromatic rings. The lowest BCUT2D eigenvalue weighted by molar-refractivity contribution is -0.139. The van der Waals surface area contributed by atoms with E-state index in [4.69, 9.17) is 0 Å². The summed E-state index contributed by atoms with van der Waals surface area (Å²) in [7, 11) is 1.40. The topological polar surface area (TPSA) is 38.3 Å². The van der Waals surface area contributed by atoms with Crippen molar-refractivity contribution in [2.45, 2.75) is 32.2 Å². The average Bonchev–Trinajstić information content (AvgIpc) is 2.36. The van der Waals surface area contributed by atoms with E-state index in [-0.39, 0.29) is 24.0 Å². The van der Waals surface area contributed by atoms with Gasteiger partial charge < -0.3 is 10.1 Å². The third-order valence-electron chi connectivity index (χ3n) is 3.38. The molecular formula is C14H21NO2. The van der Waals surface area contributed by atoms with Crippen LogP contribution in [0, 0.1) is 0 Å². The lowest BCUT2D eigenvalue weighted by Gasteiger charge is -2.33. The first-order valence-electron chi connectivity index (χ1n) is 5.84. The van der Waals surface area contributed by atoms with Gasteiger partial charge in [0.05, 0.1) is 13.7 Å². The smallest absolute Gasteiger partial charge is 0.319 e. The number of esters is 1. The third kappa shape index (κ3) is 3.56. The molecule has 3 heteroatoms. The summed E-state index contributed by atoms with van der Waals surface area (Å²) in [6.07, 6.45) is 0. The minimum absolute atomic E-state index is 0.0325. The maximum atomic E-state index is 11.1. The van der Waals surface area contributed by atoms with Gasteiger partial charge in [-0.15, -0.1) is 0 Å². The van der Waals surface area contributed by atoms with E-state index >= 15 is 0 Å². The van der Waals surface area contributed by atoms with Crippen LogP contribution in [0.2, 0.25) is 0 Å². The van der Waals surface area contributed by atoms with Crippen LogP contribution in [0.15, 0.2) is 30.3 Å². The second-order valence-electron chi connectivity index (χ2n) is 4.77. The Morgan fingerprint density at radius 1 is 1.35 bits per heavy atom. The standard InChI is InChI=1S/C14H21NO2/c1-11(15-10-13(16)17-4)14(2,3)12-8-6-5-7-9-12/h5-9,11,15H,10H2,1-4H3. The summed E-state index contributed by atoms with van der Waals surface area (Å²) in [5.41, 5.74) is 1.22. The van der Waals surface area contributed by atoms with Crippen molar-refractivity contribution >= 4 is 5.97 Å². The normalized spacial score (nSPS) is 13.2. The number of carbonyl (C=O) groups is 1. The molecule has 1 unspecified atom stereocenters. The molecule has 1 aromatic carbocycles. The molecule has 0 aliphatic rings. The molecule has 0 saturated heterocycles. The van der Waals surface area contributed by atoms with Crippen molar-refractivity contribution in [1.29, 1.82) is 0 Å². The Bertz CT molecular complexity index is 360. The van der Waals surface area contributed by atoms with Gasteiger partial charge in [-0.25, -0.2) is 0 Å². The molecule has 0 aliphatic carbocycles. The average molecular weight is 235 g/mol. The van der Waals surface area contributed by atoms with Gasteiger partial charge in [0.1, 0.15) is 0 Å². The Balaban J connectivity index is 2.67. The van der Waals surface area contributed by atoms with Gasteiger partial charge in [-0.2, -0.15) is 0 Å². The molecule has 0 aromatic heterocycles. The number of methoxy groups -OCH3 is 1. The fourth-order valence-electron chi connectivity index (χ4n) is 1.68. The Kier molecular flexibility index (Phi) is 4.70. The number of rotatable bonds is 5. The van der Waals surface area contributed by atoms with E-state index < -0.39 is 0 Å². The highest BCUT2D eigenvalue weighted by Crippen LogP contribution is 2.26. The van der Waals surface area contributed by atoms with Crippen LogP contribution < -0.4 is 5.32 Å². The van der Waals surface area contributed by atoms with Crippen LogP contribution in [0.4, 0.5) is 0 Å². The van der Waals surface area contributed by atoms with E-state index in [2.05, 4.69) is 43.0 Å². The number of benzene rings is 1. The molecule has 94 valence electrons. The second kappa shape index (κ2) is 5.82. The zero-order chi connectivity index (χ0) is 12.9. The largest absolute Gasteiger partial charge is 0.468 e. The molecule has 1 atom stereocenters. The van der Waals surface area contributed by atoms with Crippen LogP contribution in [0.25, 0.3) is 0 Å². The van der Waals surface area contributed by atoms with Gasteiger partial charge in [0.25, 0.3) is 0 Å². The van der Waals surface area contributed by atoms with Gasteiger partial charge in [-0.1, -0.05) is 44.2 Å². The number of hydrogen-bond acceptors (Lipinski definition) is 3. The summed E-state index contributed by atoms with van der Waals surface area (Å²) < 4.78 is 4.62. The fourth-order valence-corrected chi connectivity index (χ4v) is 1.68. The maximum absolute atomic E-state index is 11.1. The quantitative estimate of drug-likeness (QED) is 0.794. The van der Waals surface area contributed by atoms with Crippen molar-refractivity contribution in [1.82, 2.24) is 5.32 Å². The molecule has 1 rings (SSSR count). The summed E-state index contributed by atoms with van der Waals surface area (Å²) in [6.45, 7) is 6.65. The van der Waals surface area contributed by atoms with Gasteiger partial charge in [0, 0.05) is 11.5 Å². The van der Waals surface area contributed by atoms with Crippen LogP contribution in [0.1, 0.15) is 26.3 Å². The van der Waals surface area contributed by atoms with Crippen molar-refractivity contribution in [3.8, 4) is 0 Å². The van der Waals surface area contributed by atoms with Crippen molar-refractivity contribution < 1.29 is 9.53 Å². The summed E-state index contributed by atoms with van der Waals surface area (Å²) in [4.78, 5) is 11.1.